The molecule has 0 saturated heterocycles. The Labute approximate surface area is 256 Å². The predicted octanol–water partition coefficient (Wildman–Crippen LogP) is 6.63. The summed E-state index contributed by atoms with van der Waals surface area (Å²) in [5.74, 6) is -0.874. The molecule has 1 saturated carbocycles. The maximum atomic E-state index is 14.0. The summed E-state index contributed by atoms with van der Waals surface area (Å²) in [4.78, 5) is 28.7. The van der Waals surface area contributed by atoms with Crippen LogP contribution in [0.1, 0.15) is 43.7 Å². The second-order valence-corrected chi connectivity index (χ2v) is 13.4. The van der Waals surface area contributed by atoms with Crippen LogP contribution in [0.4, 0.5) is 5.69 Å². The minimum absolute atomic E-state index is 0.0170. The fraction of sp³-hybridized carbons (Fsp3) is 0.333. The summed E-state index contributed by atoms with van der Waals surface area (Å²) in [6, 6.07) is 16.6. The normalized spacial score (nSPS) is 14.5. The Morgan fingerprint density at radius 1 is 0.927 bits per heavy atom. The molecular formula is C30H32Cl3N3O4S. The van der Waals surface area contributed by atoms with Gasteiger partial charge in [0.1, 0.15) is 12.6 Å². The van der Waals surface area contributed by atoms with Gasteiger partial charge in [-0.25, -0.2) is 8.42 Å². The van der Waals surface area contributed by atoms with Crippen molar-refractivity contribution in [2.24, 2.45) is 0 Å². The van der Waals surface area contributed by atoms with Crippen molar-refractivity contribution >= 4 is 62.3 Å². The molecule has 7 nitrogen and oxygen atoms in total. The van der Waals surface area contributed by atoms with Gasteiger partial charge in [0, 0.05) is 27.7 Å². The van der Waals surface area contributed by atoms with Crippen LogP contribution in [0.3, 0.4) is 0 Å². The number of amides is 2. The van der Waals surface area contributed by atoms with E-state index in [9.17, 15) is 18.0 Å². The first-order valence-corrected chi connectivity index (χ1v) is 15.9. The summed E-state index contributed by atoms with van der Waals surface area (Å²) in [5, 5.41) is 4.20. The largest absolute Gasteiger partial charge is 0.352 e. The third kappa shape index (κ3) is 7.74. The van der Waals surface area contributed by atoms with E-state index >= 15 is 0 Å². The van der Waals surface area contributed by atoms with E-state index in [0.717, 1.165) is 35.6 Å². The molecule has 1 aliphatic carbocycles. The van der Waals surface area contributed by atoms with Crippen LogP contribution in [-0.4, -0.2) is 43.8 Å². The first-order valence-electron chi connectivity index (χ1n) is 13.3. The van der Waals surface area contributed by atoms with Gasteiger partial charge in [-0.15, -0.1) is 0 Å². The lowest BCUT2D eigenvalue weighted by atomic mass is 10.1. The Bertz CT molecular complexity index is 1490. The van der Waals surface area contributed by atoms with Crippen LogP contribution in [0.15, 0.2) is 71.6 Å². The lowest BCUT2D eigenvalue weighted by Crippen LogP contribution is -2.52. The van der Waals surface area contributed by atoms with Crippen molar-refractivity contribution in [3.63, 3.8) is 0 Å². The second kappa shape index (κ2) is 13.5. The number of nitrogens with one attached hydrogen (secondary N) is 1. The van der Waals surface area contributed by atoms with Crippen LogP contribution >= 0.6 is 34.8 Å². The third-order valence-corrected chi connectivity index (χ3v) is 9.85. The lowest BCUT2D eigenvalue weighted by Gasteiger charge is -2.32. The summed E-state index contributed by atoms with van der Waals surface area (Å²) >= 11 is 18.5. The molecule has 1 atom stereocenters. The first kappa shape index (κ1) is 31.2. The molecule has 1 aliphatic rings. The number of hydrogen-bond acceptors (Lipinski definition) is 4. The molecule has 0 aromatic heterocycles. The molecule has 0 heterocycles. The highest BCUT2D eigenvalue weighted by Crippen LogP contribution is 2.27. The number of carbonyl (C=O) groups excluding carboxylic acids is 2. The number of sulfonamides is 1. The van der Waals surface area contributed by atoms with E-state index in [-0.39, 0.29) is 23.4 Å². The number of carbonyl (C=O) groups is 2. The van der Waals surface area contributed by atoms with Crippen LogP contribution in [0.25, 0.3) is 0 Å². The highest BCUT2D eigenvalue weighted by Gasteiger charge is 2.33. The zero-order valence-electron chi connectivity index (χ0n) is 22.8. The summed E-state index contributed by atoms with van der Waals surface area (Å²) in [7, 11) is -4.18. The van der Waals surface area contributed by atoms with Crippen molar-refractivity contribution in [2.45, 2.75) is 63.1 Å². The molecule has 41 heavy (non-hydrogen) atoms. The highest BCUT2D eigenvalue weighted by molar-refractivity contribution is 7.92. The number of nitrogens with zero attached hydrogens (tertiary/aromatic N) is 2. The van der Waals surface area contributed by atoms with Gasteiger partial charge in [-0.2, -0.15) is 0 Å². The Hall–Kier alpha value is -2.78. The van der Waals surface area contributed by atoms with Crippen molar-refractivity contribution in [3.05, 3.63) is 92.9 Å². The molecule has 1 fully saturated rings. The number of aryl methyl sites for hydroxylation is 1. The van der Waals surface area contributed by atoms with Crippen LogP contribution in [0.2, 0.25) is 15.1 Å². The van der Waals surface area contributed by atoms with E-state index in [1.807, 2.05) is 6.92 Å². The maximum absolute atomic E-state index is 14.0. The van der Waals surface area contributed by atoms with Gasteiger partial charge >= 0.3 is 0 Å². The van der Waals surface area contributed by atoms with Crippen molar-refractivity contribution in [1.82, 2.24) is 10.2 Å². The Morgan fingerprint density at radius 2 is 1.54 bits per heavy atom. The fourth-order valence-corrected chi connectivity index (χ4v) is 6.79. The summed E-state index contributed by atoms with van der Waals surface area (Å²) < 4.78 is 28.8. The Balaban J connectivity index is 1.70. The molecule has 3 aromatic rings. The zero-order valence-corrected chi connectivity index (χ0v) is 25.9. The van der Waals surface area contributed by atoms with Gasteiger partial charge in [-0.05, 0) is 80.8 Å². The minimum Gasteiger partial charge on any atom is -0.352 e. The molecule has 2 amide bonds. The average Bonchev–Trinajstić information content (AvgIpc) is 3.44. The van der Waals surface area contributed by atoms with Gasteiger partial charge in [-0.1, -0.05) is 71.4 Å². The van der Waals surface area contributed by atoms with Crippen LogP contribution in [0, 0.1) is 6.92 Å². The molecule has 0 aliphatic heterocycles. The Morgan fingerprint density at radius 3 is 2.15 bits per heavy atom. The van der Waals surface area contributed by atoms with Gasteiger partial charge in [0.15, 0.2) is 0 Å². The molecule has 0 bridgehead atoms. The minimum atomic E-state index is -4.18. The number of anilines is 1. The topological polar surface area (TPSA) is 86.8 Å². The molecule has 0 spiro atoms. The van der Waals surface area contributed by atoms with Gasteiger partial charge in [-0.3, -0.25) is 13.9 Å². The van der Waals surface area contributed by atoms with E-state index in [1.54, 1.807) is 49.4 Å². The highest BCUT2D eigenvalue weighted by atomic mass is 35.5. The van der Waals surface area contributed by atoms with E-state index in [2.05, 4.69) is 5.32 Å². The number of benzene rings is 3. The molecule has 218 valence electrons. The average molecular weight is 637 g/mol. The van der Waals surface area contributed by atoms with Crippen molar-refractivity contribution in [2.75, 3.05) is 10.8 Å². The predicted molar refractivity (Wildman–Crippen MR) is 164 cm³/mol. The number of rotatable bonds is 10. The van der Waals surface area contributed by atoms with E-state index in [0.29, 0.717) is 26.3 Å². The monoisotopic (exact) mass is 635 g/mol. The summed E-state index contributed by atoms with van der Waals surface area (Å²) in [6.45, 7) is 2.96. The molecule has 3 aromatic carbocycles. The summed E-state index contributed by atoms with van der Waals surface area (Å²) in [6.07, 6.45) is 3.85. The van der Waals surface area contributed by atoms with Crippen LogP contribution in [-0.2, 0) is 26.2 Å². The van der Waals surface area contributed by atoms with E-state index < -0.39 is 28.5 Å². The second-order valence-electron chi connectivity index (χ2n) is 10.2. The Kier molecular flexibility index (Phi) is 10.2. The van der Waals surface area contributed by atoms with Crippen LogP contribution in [0.5, 0.6) is 0 Å². The molecule has 1 N–H and O–H groups in total. The van der Waals surface area contributed by atoms with Crippen molar-refractivity contribution < 1.29 is 18.0 Å². The summed E-state index contributed by atoms with van der Waals surface area (Å²) in [5.41, 5.74) is 1.82. The number of hydrogen-bond donors (Lipinski definition) is 1. The smallest absolute Gasteiger partial charge is 0.264 e. The molecule has 0 radical (unpaired) electrons. The van der Waals surface area contributed by atoms with E-state index in [1.165, 1.54) is 29.2 Å². The molecule has 4 rings (SSSR count). The SMILES string of the molecule is Cc1ccc(N(CC(=O)N(Cc2ccc(Cl)cc2Cl)[C@@H](C)C(=O)NC2CCCC2)S(=O)(=O)c2ccc(Cl)cc2)cc1. The quantitative estimate of drug-likeness (QED) is 0.271. The third-order valence-electron chi connectivity index (χ3n) is 7.23. The molecule has 0 unspecified atom stereocenters. The van der Waals surface area contributed by atoms with Crippen molar-refractivity contribution in [3.8, 4) is 0 Å². The van der Waals surface area contributed by atoms with Gasteiger partial charge in [0.25, 0.3) is 10.0 Å². The zero-order chi connectivity index (χ0) is 29.7. The van der Waals surface area contributed by atoms with Gasteiger partial charge < -0.3 is 10.2 Å². The lowest BCUT2D eigenvalue weighted by molar-refractivity contribution is -0.139. The maximum Gasteiger partial charge on any atom is 0.264 e. The number of halogens is 3. The van der Waals surface area contributed by atoms with Gasteiger partial charge in [0.2, 0.25) is 11.8 Å². The first-order chi connectivity index (χ1) is 19.5. The molecular weight excluding hydrogens is 605 g/mol. The van der Waals surface area contributed by atoms with Gasteiger partial charge in [0.05, 0.1) is 10.6 Å². The van der Waals surface area contributed by atoms with Crippen LogP contribution < -0.4 is 9.62 Å². The van der Waals surface area contributed by atoms with E-state index in [4.69, 9.17) is 34.8 Å². The fourth-order valence-electron chi connectivity index (χ4n) is 4.78. The molecule has 11 heteroatoms. The van der Waals surface area contributed by atoms with Crippen molar-refractivity contribution in [1.29, 1.82) is 0 Å². The standard InChI is InChI=1S/C30H32Cl3N3O4S/c1-20-7-13-26(14-8-20)36(41(39,40)27-15-11-23(31)12-16-27)19-29(37)35(18-22-9-10-24(32)17-28(22)33)21(2)30(38)34-25-5-3-4-6-25/h7-17,21,25H,3-6,18-19H2,1-2H3,(H,34,38)/t21-/m0/s1.